The van der Waals surface area contributed by atoms with Crippen molar-refractivity contribution < 1.29 is 35.9 Å². The van der Waals surface area contributed by atoms with Gasteiger partial charge < -0.3 is 15.4 Å². The van der Waals surface area contributed by atoms with E-state index in [-0.39, 0.29) is 43.6 Å². The van der Waals surface area contributed by atoms with Gasteiger partial charge in [-0.05, 0) is 55.2 Å². The largest absolute Gasteiger partial charge is 0.416 e. The maximum Gasteiger partial charge on any atom is 0.416 e. The summed E-state index contributed by atoms with van der Waals surface area (Å²) in [7, 11) is 0. The zero-order valence-electron chi connectivity index (χ0n) is 24.5. The van der Waals surface area contributed by atoms with Gasteiger partial charge >= 0.3 is 12.4 Å². The summed E-state index contributed by atoms with van der Waals surface area (Å²) < 4.78 is 86.3. The number of hydrogen-bond acceptors (Lipinski definition) is 5. The van der Waals surface area contributed by atoms with E-state index >= 15 is 0 Å². The Morgan fingerprint density at radius 2 is 1.55 bits per heavy atom. The van der Waals surface area contributed by atoms with E-state index in [0.29, 0.717) is 51.4 Å². The highest BCUT2D eigenvalue weighted by molar-refractivity contribution is 5.95. The van der Waals surface area contributed by atoms with Gasteiger partial charge in [0, 0.05) is 50.9 Å². The Morgan fingerprint density at radius 1 is 0.932 bits per heavy atom. The zero-order chi connectivity index (χ0) is 30.7. The molecule has 0 spiro atoms. The molecule has 2 saturated heterocycles. The van der Waals surface area contributed by atoms with Gasteiger partial charge in [-0.25, -0.2) is 0 Å². The monoisotopic (exact) mass is 670 g/mol. The molecule has 0 saturated carbocycles. The summed E-state index contributed by atoms with van der Waals surface area (Å²) in [6.07, 6.45) is -6.10. The van der Waals surface area contributed by atoms with Crippen LogP contribution in [0.25, 0.3) is 0 Å². The molecule has 0 aliphatic carbocycles. The van der Waals surface area contributed by atoms with Crippen molar-refractivity contribution in [3.05, 3.63) is 81.9 Å². The van der Waals surface area contributed by atoms with Crippen LogP contribution in [0.2, 0.25) is 0 Å². The molecule has 2 aromatic carbocycles. The van der Waals surface area contributed by atoms with Crippen molar-refractivity contribution in [3.63, 3.8) is 0 Å². The van der Waals surface area contributed by atoms with Crippen LogP contribution >= 0.6 is 24.8 Å². The standard InChI is InChI=1S/C30H36F6N4O2.2ClH/c1-20-5-6-22(14-21(20)2)15-26-19-38(7-3-4-27(37)39-10-12-42-13-11-39)8-9-40(26)28(41)23-16-24(29(31,32)33)18-25(17-23)30(34,35)36;;/h3-6,14,16-18,26-27H,7-13,15,19,37H2,1-2H3;2*1H/b4-3+;;/t26-,27?;;/m1../s1. The van der Waals surface area contributed by atoms with Crippen LogP contribution in [0.4, 0.5) is 26.3 Å². The lowest BCUT2D eigenvalue weighted by Gasteiger charge is -2.41. The Labute approximate surface area is 266 Å². The normalized spacial score (nSPS) is 19.4. The number of morpholine rings is 1. The number of amides is 1. The number of nitrogens with zero attached hydrogens (tertiary/aromatic N) is 3. The molecule has 2 aliphatic rings. The number of hydrogen-bond donors (Lipinski definition) is 1. The molecule has 2 atom stereocenters. The van der Waals surface area contributed by atoms with E-state index in [4.69, 9.17) is 10.5 Å². The fraction of sp³-hybridized carbons (Fsp3) is 0.500. The molecule has 4 rings (SSSR count). The van der Waals surface area contributed by atoms with E-state index in [0.717, 1.165) is 29.8 Å². The number of ether oxygens (including phenoxy) is 1. The number of rotatable bonds is 7. The molecule has 0 radical (unpaired) electrons. The second-order valence-electron chi connectivity index (χ2n) is 10.9. The van der Waals surface area contributed by atoms with Crippen LogP contribution in [0.5, 0.6) is 0 Å². The fourth-order valence-electron chi connectivity index (χ4n) is 5.32. The molecule has 2 aliphatic heterocycles. The Hall–Kier alpha value is -2.35. The minimum absolute atomic E-state index is 0. The average Bonchev–Trinajstić information content (AvgIpc) is 2.94. The molecule has 6 nitrogen and oxygen atoms in total. The van der Waals surface area contributed by atoms with Crippen molar-refractivity contribution in [3.8, 4) is 0 Å². The SMILES string of the molecule is Cc1ccc(C[C@@H]2CN(C/C=C/C(N)N3CCOCC3)CCN2C(=O)c2cc(C(F)(F)F)cc(C(F)(F)F)c2)cc1C.Cl.Cl. The second kappa shape index (κ2) is 15.8. The number of halogens is 8. The average molecular weight is 672 g/mol. The highest BCUT2D eigenvalue weighted by Crippen LogP contribution is 2.37. The molecule has 44 heavy (non-hydrogen) atoms. The summed E-state index contributed by atoms with van der Waals surface area (Å²) in [5.41, 5.74) is 5.69. The highest BCUT2D eigenvalue weighted by Gasteiger charge is 2.39. The second-order valence-corrected chi connectivity index (χ2v) is 10.9. The lowest BCUT2D eigenvalue weighted by atomic mass is 9.97. The van der Waals surface area contributed by atoms with Crippen molar-refractivity contribution >= 4 is 30.7 Å². The van der Waals surface area contributed by atoms with Crippen molar-refractivity contribution in [2.75, 3.05) is 52.5 Å². The number of aryl methyl sites for hydroxylation is 2. The van der Waals surface area contributed by atoms with E-state index in [1.165, 1.54) is 4.90 Å². The smallest absolute Gasteiger partial charge is 0.379 e. The first-order valence-electron chi connectivity index (χ1n) is 13.9. The van der Waals surface area contributed by atoms with E-state index in [9.17, 15) is 31.1 Å². The first-order valence-corrected chi connectivity index (χ1v) is 13.9. The van der Waals surface area contributed by atoms with Gasteiger partial charge in [0.05, 0.1) is 30.5 Å². The summed E-state index contributed by atoms with van der Waals surface area (Å²) in [5, 5.41) is 0. The van der Waals surface area contributed by atoms with E-state index in [2.05, 4.69) is 9.80 Å². The number of nitrogens with two attached hydrogens (primary N) is 1. The number of carbonyl (C=O) groups excluding carboxylic acids is 1. The molecule has 0 bridgehead atoms. The quantitative estimate of drug-likeness (QED) is 0.301. The molecular weight excluding hydrogens is 633 g/mol. The van der Waals surface area contributed by atoms with Crippen LogP contribution in [-0.2, 0) is 23.5 Å². The molecule has 14 heteroatoms. The van der Waals surface area contributed by atoms with Gasteiger partial charge in [-0.1, -0.05) is 30.4 Å². The Kier molecular flexibility index (Phi) is 13.6. The summed E-state index contributed by atoms with van der Waals surface area (Å²) in [6.45, 7) is 8.10. The summed E-state index contributed by atoms with van der Waals surface area (Å²) in [4.78, 5) is 19.2. The van der Waals surface area contributed by atoms with Gasteiger partial charge in [0.1, 0.15) is 0 Å². The number of alkyl halides is 6. The molecule has 246 valence electrons. The first-order chi connectivity index (χ1) is 19.7. The third kappa shape index (κ3) is 9.82. The number of piperazine rings is 1. The molecule has 1 amide bonds. The van der Waals surface area contributed by atoms with Crippen LogP contribution in [0.3, 0.4) is 0 Å². The van der Waals surface area contributed by atoms with Gasteiger partial charge in [-0.2, -0.15) is 26.3 Å². The summed E-state index contributed by atoms with van der Waals surface area (Å²) >= 11 is 0. The molecule has 2 N–H and O–H groups in total. The first kappa shape index (κ1) is 37.8. The highest BCUT2D eigenvalue weighted by atomic mass is 35.5. The van der Waals surface area contributed by atoms with Gasteiger partial charge in [0.2, 0.25) is 0 Å². The topological polar surface area (TPSA) is 62.0 Å². The lowest BCUT2D eigenvalue weighted by Crippen LogP contribution is -2.56. The molecule has 1 unspecified atom stereocenters. The van der Waals surface area contributed by atoms with Crippen molar-refractivity contribution in [1.29, 1.82) is 0 Å². The van der Waals surface area contributed by atoms with E-state index in [1.54, 1.807) is 0 Å². The fourth-order valence-corrected chi connectivity index (χ4v) is 5.32. The van der Waals surface area contributed by atoms with Gasteiger partial charge in [0.25, 0.3) is 5.91 Å². The molecule has 0 aromatic heterocycles. The maximum absolute atomic E-state index is 13.6. The van der Waals surface area contributed by atoms with Gasteiger partial charge in [0.15, 0.2) is 0 Å². The van der Waals surface area contributed by atoms with Crippen molar-refractivity contribution in [1.82, 2.24) is 14.7 Å². The number of benzene rings is 2. The van der Waals surface area contributed by atoms with Crippen LogP contribution in [-0.4, -0.2) is 85.3 Å². The maximum atomic E-state index is 13.6. The van der Waals surface area contributed by atoms with Crippen molar-refractivity contribution in [2.45, 2.75) is 44.8 Å². The van der Waals surface area contributed by atoms with Crippen LogP contribution < -0.4 is 5.73 Å². The zero-order valence-corrected chi connectivity index (χ0v) is 26.1. The van der Waals surface area contributed by atoms with Crippen LogP contribution in [0.15, 0.2) is 48.6 Å². The summed E-state index contributed by atoms with van der Waals surface area (Å²) in [6, 6.07) is 6.45. The minimum Gasteiger partial charge on any atom is -0.379 e. The minimum atomic E-state index is -5.04. The molecule has 2 heterocycles. The molecule has 2 fully saturated rings. The van der Waals surface area contributed by atoms with Gasteiger partial charge in [-0.3, -0.25) is 14.6 Å². The van der Waals surface area contributed by atoms with Crippen LogP contribution in [0.1, 0.15) is 38.2 Å². The third-order valence-electron chi connectivity index (χ3n) is 7.87. The Morgan fingerprint density at radius 3 is 2.11 bits per heavy atom. The van der Waals surface area contributed by atoms with Gasteiger partial charge in [-0.15, -0.1) is 24.8 Å². The van der Waals surface area contributed by atoms with E-state index in [1.807, 2.05) is 44.2 Å². The number of carbonyl (C=O) groups is 1. The Bertz CT molecular complexity index is 1250. The predicted octanol–water partition coefficient (Wildman–Crippen LogP) is 5.73. The molecule has 2 aromatic rings. The Balaban J connectivity index is 0.00000337. The third-order valence-corrected chi connectivity index (χ3v) is 7.87. The predicted molar refractivity (Wildman–Crippen MR) is 161 cm³/mol. The molecular formula is C30H38Cl2F6N4O2. The lowest BCUT2D eigenvalue weighted by molar-refractivity contribution is -0.143. The van der Waals surface area contributed by atoms with Crippen molar-refractivity contribution in [2.24, 2.45) is 5.73 Å². The van der Waals surface area contributed by atoms with Crippen LogP contribution in [0, 0.1) is 13.8 Å². The summed E-state index contributed by atoms with van der Waals surface area (Å²) in [5.74, 6) is -0.857. The van der Waals surface area contributed by atoms with E-state index < -0.39 is 41.0 Å².